The molecule has 2 amide bonds. The highest BCUT2D eigenvalue weighted by molar-refractivity contribution is 7.13. The number of hydrogen-bond acceptors (Lipinski definition) is 8. The van der Waals surface area contributed by atoms with Gasteiger partial charge in [0.25, 0.3) is 11.8 Å². The average molecular weight is 458 g/mol. The lowest BCUT2D eigenvalue weighted by Crippen LogP contribution is -2.41. The number of hydrogen-bond donors (Lipinski definition) is 2. The van der Waals surface area contributed by atoms with Crippen LogP contribution in [0.4, 0.5) is 0 Å². The van der Waals surface area contributed by atoms with E-state index in [1.807, 2.05) is 31.2 Å². The number of benzene rings is 2. The maximum atomic E-state index is 12.5. The van der Waals surface area contributed by atoms with E-state index in [1.54, 1.807) is 5.38 Å². The molecule has 0 spiro atoms. The number of carbonyl (C=O) groups is 2. The number of hydrazine groups is 1. The normalized spacial score (nSPS) is 10.2. The van der Waals surface area contributed by atoms with E-state index in [0.29, 0.717) is 28.9 Å². The van der Waals surface area contributed by atoms with Crippen molar-refractivity contribution in [3.8, 4) is 33.6 Å². The number of ether oxygens (including phenoxy) is 4. The second-order valence-electron chi connectivity index (χ2n) is 6.32. The molecule has 0 atom stereocenters. The Labute approximate surface area is 189 Å². The molecule has 0 bridgehead atoms. The summed E-state index contributed by atoms with van der Waals surface area (Å²) in [6.07, 6.45) is 0. The quantitative estimate of drug-likeness (QED) is 0.500. The van der Waals surface area contributed by atoms with E-state index in [9.17, 15) is 9.59 Å². The summed E-state index contributed by atoms with van der Waals surface area (Å²) in [5, 5.41) is 2.29. The highest BCUT2D eigenvalue weighted by Gasteiger charge is 2.18. The van der Waals surface area contributed by atoms with Crippen molar-refractivity contribution in [1.29, 1.82) is 0 Å². The first-order valence-corrected chi connectivity index (χ1v) is 10.5. The van der Waals surface area contributed by atoms with E-state index in [0.717, 1.165) is 11.3 Å². The first-order valence-electron chi connectivity index (χ1n) is 9.60. The lowest BCUT2D eigenvalue weighted by Gasteiger charge is -2.14. The molecule has 0 fully saturated rings. The number of nitrogens with one attached hydrogen (secondary N) is 2. The standard InChI is InChI=1S/C22H23N3O6S/c1-5-31-15-8-6-13(7-9-15)22-23-16(12-32-22)21(27)25-24-20(26)14-10-17(28-2)19(30-4)18(11-14)29-3/h6-12H,5H2,1-4H3,(H,24,26)(H,25,27). The molecule has 0 aliphatic carbocycles. The Kier molecular flexibility index (Phi) is 7.50. The van der Waals surface area contributed by atoms with Crippen LogP contribution in [-0.4, -0.2) is 44.7 Å². The molecule has 1 aromatic heterocycles. The maximum Gasteiger partial charge on any atom is 0.289 e. The predicted molar refractivity (Wildman–Crippen MR) is 120 cm³/mol. The van der Waals surface area contributed by atoms with Gasteiger partial charge in [0.05, 0.1) is 27.9 Å². The molecule has 0 saturated carbocycles. The lowest BCUT2D eigenvalue weighted by atomic mass is 10.1. The Hall–Kier alpha value is -3.79. The topological polar surface area (TPSA) is 108 Å². The van der Waals surface area contributed by atoms with Crippen LogP contribution in [0.3, 0.4) is 0 Å². The highest BCUT2D eigenvalue weighted by Crippen LogP contribution is 2.38. The van der Waals surface area contributed by atoms with Gasteiger partial charge in [-0.05, 0) is 43.3 Å². The van der Waals surface area contributed by atoms with Gasteiger partial charge in [-0.15, -0.1) is 11.3 Å². The second-order valence-corrected chi connectivity index (χ2v) is 7.18. The van der Waals surface area contributed by atoms with Crippen molar-refractivity contribution in [2.24, 2.45) is 0 Å². The molecule has 3 rings (SSSR count). The molecule has 1 heterocycles. The minimum atomic E-state index is -0.556. The van der Waals surface area contributed by atoms with Crippen LogP contribution >= 0.6 is 11.3 Å². The van der Waals surface area contributed by atoms with Gasteiger partial charge in [0.2, 0.25) is 5.75 Å². The van der Waals surface area contributed by atoms with Crippen LogP contribution in [0.1, 0.15) is 27.8 Å². The fourth-order valence-corrected chi connectivity index (χ4v) is 3.64. The van der Waals surface area contributed by atoms with Crippen LogP contribution in [0.15, 0.2) is 41.8 Å². The fraction of sp³-hybridized carbons (Fsp3) is 0.227. The lowest BCUT2D eigenvalue weighted by molar-refractivity contribution is 0.0844. The summed E-state index contributed by atoms with van der Waals surface area (Å²) in [5.74, 6) is 0.671. The van der Waals surface area contributed by atoms with Crippen molar-refractivity contribution in [2.75, 3.05) is 27.9 Å². The van der Waals surface area contributed by atoms with E-state index in [4.69, 9.17) is 18.9 Å². The molecule has 10 heteroatoms. The van der Waals surface area contributed by atoms with Gasteiger partial charge in [-0.3, -0.25) is 20.4 Å². The maximum absolute atomic E-state index is 12.5. The molecular formula is C22H23N3O6S. The van der Waals surface area contributed by atoms with E-state index < -0.39 is 11.8 Å². The summed E-state index contributed by atoms with van der Waals surface area (Å²) in [7, 11) is 4.37. The minimum absolute atomic E-state index is 0.184. The molecule has 9 nitrogen and oxygen atoms in total. The average Bonchev–Trinajstić information content (AvgIpc) is 3.32. The van der Waals surface area contributed by atoms with Crippen molar-refractivity contribution in [3.63, 3.8) is 0 Å². The van der Waals surface area contributed by atoms with Gasteiger partial charge in [0, 0.05) is 16.5 Å². The third-order valence-corrected chi connectivity index (χ3v) is 5.26. The molecule has 32 heavy (non-hydrogen) atoms. The van der Waals surface area contributed by atoms with Gasteiger partial charge < -0.3 is 18.9 Å². The molecular weight excluding hydrogens is 434 g/mol. The Morgan fingerprint density at radius 3 is 2.12 bits per heavy atom. The molecule has 168 valence electrons. The zero-order chi connectivity index (χ0) is 23.1. The van der Waals surface area contributed by atoms with Crippen molar-refractivity contribution < 1.29 is 28.5 Å². The van der Waals surface area contributed by atoms with Crippen LogP contribution in [-0.2, 0) is 0 Å². The van der Waals surface area contributed by atoms with E-state index in [1.165, 1.54) is 44.8 Å². The molecule has 0 aliphatic rings. The van der Waals surface area contributed by atoms with Gasteiger partial charge in [-0.2, -0.15) is 0 Å². The zero-order valence-electron chi connectivity index (χ0n) is 18.1. The van der Waals surface area contributed by atoms with Gasteiger partial charge in [-0.25, -0.2) is 4.98 Å². The molecule has 0 saturated heterocycles. The number of aromatic nitrogens is 1. The summed E-state index contributed by atoms with van der Waals surface area (Å²) in [5.41, 5.74) is 5.99. The van der Waals surface area contributed by atoms with Gasteiger partial charge >= 0.3 is 0 Å². The zero-order valence-corrected chi connectivity index (χ0v) is 18.9. The fourth-order valence-electron chi connectivity index (χ4n) is 2.83. The first kappa shape index (κ1) is 22.9. The van der Waals surface area contributed by atoms with E-state index in [-0.39, 0.29) is 11.3 Å². The smallest absolute Gasteiger partial charge is 0.289 e. The molecule has 0 radical (unpaired) electrons. The van der Waals surface area contributed by atoms with Crippen molar-refractivity contribution in [1.82, 2.24) is 15.8 Å². The molecule has 0 aliphatic heterocycles. The minimum Gasteiger partial charge on any atom is -0.494 e. The van der Waals surface area contributed by atoms with Crippen molar-refractivity contribution >= 4 is 23.2 Å². The van der Waals surface area contributed by atoms with Crippen molar-refractivity contribution in [3.05, 3.63) is 53.0 Å². The predicted octanol–water partition coefficient (Wildman–Crippen LogP) is 3.31. The summed E-state index contributed by atoms with van der Waals surface area (Å²) < 4.78 is 21.2. The number of nitrogens with zero attached hydrogens (tertiary/aromatic N) is 1. The summed E-state index contributed by atoms with van der Waals surface area (Å²) >= 11 is 1.32. The number of methoxy groups -OCH3 is 3. The van der Waals surface area contributed by atoms with Gasteiger partial charge in [-0.1, -0.05) is 0 Å². The van der Waals surface area contributed by atoms with Gasteiger partial charge in [0.15, 0.2) is 11.5 Å². The Morgan fingerprint density at radius 1 is 0.938 bits per heavy atom. The molecule has 2 N–H and O–H groups in total. The molecule has 2 aromatic carbocycles. The summed E-state index contributed by atoms with van der Waals surface area (Å²) in [6, 6.07) is 10.4. The summed E-state index contributed by atoms with van der Waals surface area (Å²) in [4.78, 5) is 29.3. The van der Waals surface area contributed by atoms with Crippen molar-refractivity contribution in [2.45, 2.75) is 6.92 Å². The second kappa shape index (κ2) is 10.5. The van der Waals surface area contributed by atoms with Crippen LogP contribution in [0.5, 0.6) is 23.0 Å². The molecule has 0 unspecified atom stereocenters. The van der Waals surface area contributed by atoms with Crippen LogP contribution in [0.2, 0.25) is 0 Å². The van der Waals surface area contributed by atoms with Crippen LogP contribution in [0.25, 0.3) is 10.6 Å². The van der Waals surface area contributed by atoms with E-state index in [2.05, 4.69) is 15.8 Å². The Balaban J connectivity index is 1.66. The Morgan fingerprint density at radius 2 is 1.56 bits per heavy atom. The first-order chi connectivity index (χ1) is 15.5. The Bertz CT molecular complexity index is 1070. The van der Waals surface area contributed by atoms with E-state index >= 15 is 0 Å². The molecule has 3 aromatic rings. The van der Waals surface area contributed by atoms with Crippen LogP contribution < -0.4 is 29.8 Å². The third-order valence-electron chi connectivity index (χ3n) is 4.37. The summed E-state index contributed by atoms with van der Waals surface area (Å²) in [6.45, 7) is 2.50. The third kappa shape index (κ3) is 5.09. The SMILES string of the molecule is CCOc1ccc(-c2nc(C(=O)NNC(=O)c3cc(OC)c(OC)c(OC)c3)cs2)cc1. The number of carbonyl (C=O) groups excluding carboxylic acids is 2. The largest absolute Gasteiger partial charge is 0.494 e. The number of thiazole rings is 1. The van der Waals surface area contributed by atoms with Gasteiger partial charge in [0.1, 0.15) is 16.5 Å². The van der Waals surface area contributed by atoms with Crippen LogP contribution in [0, 0.1) is 0 Å². The number of amides is 2. The number of rotatable bonds is 8. The monoisotopic (exact) mass is 457 g/mol. The highest BCUT2D eigenvalue weighted by atomic mass is 32.1.